The topological polar surface area (TPSA) is 67.4 Å². The number of alkyl carbamates (subject to hydrolysis) is 1. The van der Waals surface area contributed by atoms with Gasteiger partial charge in [-0.2, -0.15) is 0 Å². The molecular formula is C14H19ClN2O3. The maximum atomic E-state index is 11.7. The number of anilines is 1. The highest BCUT2D eigenvalue weighted by Crippen LogP contribution is 2.18. The minimum absolute atomic E-state index is 0.166. The molecule has 0 unspecified atom stereocenters. The van der Waals surface area contributed by atoms with Crippen molar-refractivity contribution in [3.63, 3.8) is 0 Å². The molecule has 110 valence electrons. The van der Waals surface area contributed by atoms with E-state index in [2.05, 4.69) is 10.6 Å². The second-order valence-electron chi connectivity index (χ2n) is 5.42. The minimum atomic E-state index is -0.630. The van der Waals surface area contributed by atoms with Gasteiger partial charge in [-0.15, -0.1) is 0 Å². The maximum absolute atomic E-state index is 11.7. The van der Waals surface area contributed by atoms with Gasteiger partial charge in [0.25, 0.3) is 0 Å². The van der Waals surface area contributed by atoms with E-state index < -0.39 is 11.7 Å². The average molecular weight is 299 g/mol. The molecular weight excluding hydrogens is 280 g/mol. The zero-order valence-electron chi connectivity index (χ0n) is 12.0. The lowest BCUT2D eigenvalue weighted by molar-refractivity contribution is -0.115. The number of halogens is 1. The van der Waals surface area contributed by atoms with Gasteiger partial charge in [-0.3, -0.25) is 4.79 Å². The van der Waals surface area contributed by atoms with Crippen LogP contribution in [0.3, 0.4) is 0 Å². The summed E-state index contributed by atoms with van der Waals surface area (Å²) in [6.07, 6.45) is -0.630. The van der Waals surface area contributed by atoms with Crippen molar-refractivity contribution in [1.29, 1.82) is 0 Å². The summed E-state index contributed by atoms with van der Waals surface area (Å²) >= 11 is 5.89. The van der Waals surface area contributed by atoms with Gasteiger partial charge in [0.15, 0.2) is 0 Å². The number of carbonyl (C=O) groups excluding carboxylic acids is 2. The van der Waals surface area contributed by atoms with Crippen LogP contribution in [-0.2, 0) is 9.53 Å². The molecule has 0 saturated heterocycles. The lowest BCUT2D eigenvalue weighted by Crippen LogP contribution is -2.37. The van der Waals surface area contributed by atoms with Gasteiger partial charge < -0.3 is 15.4 Å². The van der Waals surface area contributed by atoms with Crippen molar-refractivity contribution in [3.8, 4) is 0 Å². The van der Waals surface area contributed by atoms with Crippen molar-refractivity contribution in [3.05, 3.63) is 28.8 Å². The first kappa shape index (κ1) is 16.3. The number of aryl methyl sites for hydroxylation is 1. The first-order valence-electron chi connectivity index (χ1n) is 6.19. The molecule has 0 bridgehead atoms. The molecule has 2 amide bonds. The second kappa shape index (κ2) is 6.61. The Hall–Kier alpha value is -1.75. The van der Waals surface area contributed by atoms with E-state index in [4.69, 9.17) is 16.3 Å². The summed E-state index contributed by atoms with van der Waals surface area (Å²) in [6, 6.07) is 5.22. The van der Waals surface area contributed by atoms with Gasteiger partial charge in [-0.25, -0.2) is 4.79 Å². The van der Waals surface area contributed by atoms with Crippen LogP contribution in [0.2, 0.25) is 5.02 Å². The molecule has 0 spiro atoms. The van der Waals surface area contributed by atoms with E-state index in [9.17, 15) is 9.59 Å². The molecule has 5 nitrogen and oxygen atoms in total. The van der Waals surface area contributed by atoms with Crippen molar-refractivity contribution < 1.29 is 14.3 Å². The molecule has 0 saturated carbocycles. The normalized spacial score (nSPS) is 10.8. The van der Waals surface area contributed by atoms with Gasteiger partial charge in [0.2, 0.25) is 5.91 Å². The van der Waals surface area contributed by atoms with Gasteiger partial charge in [-0.1, -0.05) is 11.6 Å². The summed E-state index contributed by atoms with van der Waals surface area (Å²) in [5, 5.41) is 5.57. The van der Waals surface area contributed by atoms with Crippen LogP contribution in [0.5, 0.6) is 0 Å². The summed E-state index contributed by atoms with van der Waals surface area (Å²) in [7, 11) is 0. The van der Waals surface area contributed by atoms with E-state index in [0.717, 1.165) is 5.56 Å². The number of hydrogen-bond donors (Lipinski definition) is 2. The highest BCUT2D eigenvalue weighted by molar-refractivity contribution is 6.31. The lowest BCUT2D eigenvalue weighted by Gasteiger charge is -2.19. The summed E-state index contributed by atoms with van der Waals surface area (Å²) < 4.78 is 5.03. The van der Waals surface area contributed by atoms with Crippen molar-refractivity contribution in [2.75, 3.05) is 11.9 Å². The first-order chi connectivity index (χ1) is 9.15. The Kier molecular flexibility index (Phi) is 5.39. The largest absolute Gasteiger partial charge is 0.444 e. The van der Waals surface area contributed by atoms with E-state index >= 15 is 0 Å². The van der Waals surface area contributed by atoms with Crippen LogP contribution in [0.15, 0.2) is 18.2 Å². The molecule has 0 heterocycles. The lowest BCUT2D eigenvalue weighted by atomic mass is 10.2. The molecule has 1 aromatic rings. The number of hydrogen-bond acceptors (Lipinski definition) is 3. The maximum Gasteiger partial charge on any atom is 0.408 e. The third-order valence-electron chi connectivity index (χ3n) is 2.12. The third kappa shape index (κ3) is 6.43. The molecule has 0 atom stereocenters. The van der Waals surface area contributed by atoms with Gasteiger partial charge >= 0.3 is 6.09 Å². The van der Waals surface area contributed by atoms with E-state index in [1.165, 1.54) is 0 Å². The van der Waals surface area contributed by atoms with E-state index in [1.807, 2.05) is 6.92 Å². The summed E-state index contributed by atoms with van der Waals surface area (Å²) in [5.74, 6) is -0.350. The summed E-state index contributed by atoms with van der Waals surface area (Å²) in [5.41, 5.74) is 0.934. The Morgan fingerprint density at radius 2 is 1.90 bits per heavy atom. The Labute approximate surface area is 123 Å². The van der Waals surface area contributed by atoms with Crippen LogP contribution < -0.4 is 10.6 Å². The van der Waals surface area contributed by atoms with Crippen LogP contribution in [0.25, 0.3) is 0 Å². The van der Waals surface area contributed by atoms with Crippen LogP contribution >= 0.6 is 11.6 Å². The van der Waals surface area contributed by atoms with Crippen LogP contribution in [0, 0.1) is 6.92 Å². The summed E-state index contributed by atoms with van der Waals surface area (Å²) in [4.78, 5) is 23.1. The number of amides is 2. The van der Waals surface area contributed by atoms with E-state index in [0.29, 0.717) is 10.7 Å². The minimum Gasteiger partial charge on any atom is -0.444 e. The smallest absolute Gasteiger partial charge is 0.408 e. The van der Waals surface area contributed by atoms with Crippen LogP contribution in [0.4, 0.5) is 10.5 Å². The molecule has 2 N–H and O–H groups in total. The van der Waals surface area contributed by atoms with E-state index in [1.54, 1.807) is 39.0 Å². The standard InChI is InChI=1S/C14H19ClN2O3/c1-9-5-10(15)7-11(6-9)17-12(18)8-16-13(19)20-14(2,3)4/h5-7H,8H2,1-4H3,(H,16,19)(H,17,18). The average Bonchev–Trinajstić information content (AvgIpc) is 2.22. The van der Waals surface area contributed by atoms with Gasteiger partial charge in [0.05, 0.1) is 0 Å². The third-order valence-corrected chi connectivity index (χ3v) is 2.34. The highest BCUT2D eigenvalue weighted by atomic mass is 35.5. The van der Waals surface area contributed by atoms with Crippen molar-refractivity contribution in [2.45, 2.75) is 33.3 Å². The Morgan fingerprint density at radius 1 is 1.25 bits per heavy atom. The van der Waals surface area contributed by atoms with Crippen LogP contribution in [-0.4, -0.2) is 24.1 Å². The van der Waals surface area contributed by atoms with Gasteiger partial charge in [0.1, 0.15) is 12.1 Å². The number of ether oxygens (including phenoxy) is 1. The van der Waals surface area contributed by atoms with E-state index in [-0.39, 0.29) is 12.5 Å². The number of benzene rings is 1. The van der Waals surface area contributed by atoms with Gasteiger partial charge in [-0.05, 0) is 51.5 Å². The molecule has 6 heteroatoms. The van der Waals surface area contributed by atoms with Crippen molar-refractivity contribution in [1.82, 2.24) is 5.32 Å². The molecule has 0 aliphatic rings. The number of carbonyl (C=O) groups is 2. The zero-order chi connectivity index (χ0) is 15.3. The quantitative estimate of drug-likeness (QED) is 0.901. The Balaban J connectivity index is 2.46. The fraction of sp³-hybridized carbons (Fsp3) is 0.429. The van der Waals surface area contributed by atoms with Crippen molar-refractivity contribution in [2.24, 2.45) is 0 Å². The fourth-order valence-electron chi connectivity index (χ4n) is 1.48. The van der Waals surface area contributed by atoms with Gasteiger partial charge in [0, 0.05) is 10.7 Å². The predicted octanol–water partition coefficient (Wildman–Crippen LogP) is 3.11. The summed E-state index contributed by atoms with van der Waals surface area (Å²) in [6.45, 7) is 6.96. The number of rotatable bonds is 3. The Morgan fingerprint density at radius 3 is 2.45 bits per heavy atom. The molecule has 1 aromatic carbocycles. The van der Waals surface area contributed by atoms with Crippen molar-refractivity contribution >= 4 is 29.3 Å². The first-order valence-corrected chi connectivity index (χ1v) is 6.57. The van der Waals surface area contributed by atoms with Crippen LogP contribution in [0.1, 0.15) is 26.3 Å². The zero-order valence-corrected chi connectivity index (χ0v) is 12.8. The molecule has 1 rings (SSSR count). The number of nitrogens with one attached hydrogen (secondary N) is 2. The molecule has 0 fully saturated rings. The monoisotopic (exact) mass is 298 g/mol. The molecule has 0 aromatic heterocycles. The highest BCUT2D eigenvalue weighted by Gasteiger charge is 2.16. The fourth-order valence-corrected chi connectivity index (χ4v) is 1.77. The predicted molar refractivity (Wildman–Crippen MR) is 79.1 cm³/mol. The molecule has 0 radical (unpaired) electrons. The second-order valence-corrected chi connectivity index (χ2v) is 5.86. The molecule has 20 heavy (non-hydrogen) atoms. The Bertz CT molecular complexity index is 489. The SMILES string of the molecule is Cc1cc(Cl)cc(NC(=O)CNC(=O)OC(C)(C)C)c1. The molecule has 0 aliphatic heterocycles. The molecule has 0 aliphatic carbocycles.